The van der Waals surface area contributed by atoms with Gasteiger partial charge in [-0.05, 0) is 65.8 Å². The molecule has 0 unspecified atom stereocenters. The number of allylic oxidation sites excluding steroid dienone is 5. The van der Waals surface area contributed by atoms with Crippen LogP contribution in [0.4, 0.5) is 4.39 Å². The number of fused-ring (bicyclic) bond motifs is 1. The monoisotopic (exact) mass is 341 g/mol. The second-order valence-electron chi connectivity index (χ2n) is 6.63. The van der Waals surface area contributed by atoms with Gasteiger partial charge in [0.25, 0.3) is 0 Å². The van der Waals surface area contributed by atoms with Crippen LogP contribution in [0.15, 0.2) is 79.4 Å². The Labute approximate surface area is 153 Å². The fraction of sp³-hybridized carbons (Fsp3) is 0.125. The number of benzene rings is 2. The maximum atomic E-state index is 13.1. The topological polar surface area (TPSA) is 12.9 Å². The highest BCUT2D eigenvalue weighted by Crippen LogP contribution is 2.31. The van der Waals surface area contributed by atoms with E-state index in [9.17, 15) is 4.39 Å². The Morgan fingerprint density at radius 3 is 2.65 bits per heavy atom. The van der Waals surface area contributed by atoms with Crippen molar-refractivity contribution >= 4 is 22.0 Å². The Morgan fingerprint density at radius 2 is 1.88 bits per heavy atom. The minimum Gasteiger partial charge on any atom is -0.248 e. The zero-order chi connectivity index (χ0) is 17.9. The molecular formula is C24H20FN. The molecule has 1 heterocycles. The molecule has 0 aliphatic heterocycles. The first-order valence-electron chi connectivity index (χ1n) is 8.89. The summed E-state index contributed by atoms with van der Waals surface area (Å²) < 4.78 is 13.1. The summed E-state index contributed by atoms with van der Waals surface area (Å²) in [6.45, 7) is 4.34. The van der Waals surface area contributed by atoms with E-state index in [2.05, 4.69) is 43.0 Å². The van der Waals surface area contributed by atoms with Crippen molar-refractivity contribution in [3.05, 3.63) is 102 Å². The summed E-state index contributed by atoms with van der Waals surface area (Å²) >= 11 is 0. The van der Waals surface area contributed by atoms with E-state index in [-0.39, 0.29) is 5.82 Å². The fourth-order valence-electron chi connectivity index (χ4n) is 3.35. The van der Waals surface area contributed by atoms with Crippen LogP contribution in [0.5, 0.6) is 0 Å². The molecule has 2 aromatic carbocycles. The summed E-state index contributed by atoms with van der Waals surface area (Å²) in [7, 11) is 0. The average Bonchev–Trinajstić information content (AvgIpc) is 3.21. The Bertz CT molecular complexity index is 1030. The Kier molecular flexibility index (Phi) is 4.49. The van der Waals surface area contributed by atoms with E-state index < -0.39 is 0 Å². The van der Waals surface area contributed by atoms with Crippen LogP contribution in [-0.4, -0.2) is 4.98 Å². The third-order valence-electron chi connectivity index (χ3n) is 4.83. The number of nitrogens with zero attached hydrogens (tertiary/aromatic N) is 1. The van der Waals surface area contributed by atoms with Gasteiger partial charge < -0.3 is 0 Å². The van der Waals surface area contributed by atoms with E-state index in [4.69, 9.17) is 4.98 Å². The summed E-state index contributed by atoms with van der Waals surface area (Å²) in [6, 6.07) is 17.1. The molecule has 4 rings (SSSR count). The van der Waals surface area contributed by atoms with Crippen LogP contribution in [-0.2, 0) is 6.42 Å². The molecule has 3 aromatic rings. The van der Waals surface area contributed by atoms with Gasteiger partial charge in [-0.15, -0.1) is 0 Å². The van der Waals surface area contributed by atoms with E-state index in [0.717, 1.165) is 52.6 Å². The molecule has 26 heavy (non-hydrogen) atoms. The second kappa shape index (κ2) is 7.09. The van der Waals surface area contributed by atoms with Crippen molar-refractivity contribution in [3.8, 4) is 0 Å². The number of para-hydroxylation sites is 1. The summed E-state index contributed by atoms with van der Waals surface area (Å²) in [6.07, 6.45) is 8.95. The van der Waals surface area contributed by atoms with Crippen LogP contribution < -0.4 is 0 Å². The van der Waals surface area contributed by atoms with E-state index in [1.807, 2.05) is 24.3 Å². The van der Waals surface area contributed by atoms with Gasteiger partial charge in [0.2, 0.25) is 0 Å². The lowest BCUT2D eigenvalue weighted by Gasteiger charge is -2.13. The lowest BCUT2D eigenvalue weighted by Crippen LogP contribution is -1.96. The molecular weight excluding hydrogens is 321 g/mol. The molecule has 1 aliphatic rings. The van der Waals surface area contributed by atoms with Crippen LogP contribution in [0.2, 0.25) is 0 Å². The van der Waals surface area contributed by atoms with Crippen molar-refractivity contribution in [2.75, 3.05) is 0 Å². The SMILES string of the molecule is C=C(CCc1ccc(F)cc1)c1cc(C2=CC=CC2)nc2ccccc12. The standard InChI is InChI=1S/C24H20FN/c1-17(10-11-18-12-14-20(25)15-13-18)22-16-24(19-6-2-3-7-19)26-23-9-5-4-8-21(22)23/h2-6,8-9,12-16H,1,7,10-11H2. The largest absolute Gasteiger partial charge is 0.248 e. The van der Waals surface area contributed by atoms with Crippen molar-refractivity contribution < 1.29 is 4.39 Å². The summed E-state index contributed by atoms with van der Waals surface area (Å²) in [5.74, 6) is -0.198. The van der Waals surface area contributed by atoms with Gasteiger partial charge >= 0.3 is 0 Å². The van der Waals surface area contributed by atoms with Gasteiger partial charge in [0.05, 0.1) is 11.2 Å². The highest BCUT2D eigenvalue weighted by molar-refractivity contribution is 5.93. The van der Waals surface area contributed by atoms with Crippen LogP contribution in [0.25, 0.3) is 22.0 Å². The van der Waals surface area contributed by atoms with Gasteiger partial charge in [-0.2, -0.15) is 0 Å². The van der Waals surface area contributed by atoms with Crippen molar-refractivity contribution in [3.63, 3.8) is 0 Å². The van der Waals surface area contributed by atoms with Gasteiger partial charge in [0.1, 0.15) is 5.82 Å². The van der Waals surface area contributed by atoms with E-state index in [0.29, 0.717) is 0 Å². The molecule has 0 N–H and O–H groups in total. The van der Waals surface area contributed by atoms with Crippen molar-refractivity contribution in [1.82, 2.24) is 4.98 Å². The molecule has 1 nitrogen and oxygen atoms in total. The summed E-state index contributed by atoms with van der Waals surface area (Å²) in [4.78, 5) is 4.84. The third kappa shape index (κ3) is 3.36. The lowest BCUT2D eigenvalue weighted by molar-refractivity contribution is 0.627. The molecule has 0 atom stereocenters. The number of aryl methyl sites for hydroxylation is 1. The van der Waals surface area contributed by atoms with Gasteiger partial charge in [-0.3, -0.25) is 0 Å². The summed E-state index contributed by atoms with van der Waals surface area (Å²) in [5, 5.41) is 1.13. The molecule has 128 valence electrons. The van der Waals surface area contributed by atoms with Gasteiger partial charge in [-0.25, -0.2) is 9.37 Å². The highest BCUT2D eigenvalue weighted by Gasteiger charge is 2.12. The molecule has 1 aromatic heterocycles. The number of pyridine rings is 1. The molecule has 0 spiro atoms. The fourth-order valence-corrected chi connectivity index (χ4v) is 3.35. The molecule has 2 heteroatoms. The molecule has 0 fully saturated rings. The smallest absolute Gasteiger partial charge is 0.123 e. The maximum Gasteiger partial charge on any atom is 0.123 e. The van der Waals surface area contributed by atoms with E-state index in [1.54, 1.807) is 0 Å². The molecule has 0 radical (unpaired) electrons. The maximum absolute atomic E-state index is 13.1. The van der Waals surface area contributed by atoms with Crippen LogP contribution >= 0.6 is 0 Å². The van der Waals surface area contributed by atoms with Crippen molar-refractivity contribution in [1.29, 1.82) is 0 Å². The molecule has 0 saturated heterocycles. The zero-order valence-electron chi connectivity index (χ0n) is 14.6. The lowest BCUT2D eigenvalue weighted by atomic mass is 9.95. The quantitative estimate of drug-likeness (QED) is 0.526. The number of halogens is 1. The predicted octanol–water partition coefficient (Wildman–Crippen LogP) is 6.36. The minimum absolute atomic E-state index is 0.198. The number of hydrogen-bond donors (Lipinski definition) is 0. The van der Waals surface area contributed by atoms with E-state index >= 15 is 0 Å². The average molecular weight is 341 g/mol. The number of aromatic nitrogens is 1. The van der Waals surface area contributed by atoms with Crippen molar-refractivity contribution in [2.24, 2.45) is 0 Å². The molecule has 1 aliphatic carbocycles. The molecule has 0 saturated carbocycles. The van der Waals surface area contributed by atoms with Crippen LogP contribution in [0.1, 0.15) is 29.7 Å². The predicted molar refractivity (Wildman–Crippen MR) is 107 cm³/mol. The van der Waals surface area contributed by atoms with Gasteiger partial charge in [0, 0.05) is 5.39 Å². The Hall–Kier alpha value is -3.00. The van der Waals surface area contributed by atoms with Crippen LogP contribution in [0, 0.1) is 5.82 Å². The summed E-state index contributed by atoms with van der Waals surface area (Å²) in [5.41, 5.74) is 6.61. The van der Waals surface area contributed by atoms with Crippen LogP contribution in [0.3, 0.4) is 0 Å². The molecule has 0 amide bonds. The number of rotatable bonds is 5. The molecule has 0 bridgehead atoms. The first-order valence-corrected chi connectivity index (χ1v) is 8.89. The van der Waals surface area contributed by atoms with Gasteiger partial charge in [-0.1, -0.05) is 55.1 Å². The zero-order valence-corrected chi connectivity index (χ0v) is 14.6. The first-order chi connectivity index (χ1) is 12.7. The van der Waals surface area contributed by atoms with E-state index in [1.165, 1.54) is 17.7 Å². The first kappa shape index (κ1) is 16.5. The second-order valence-corrected chi connectivity index (χ2v) is 6.63. The Balaban J connectivity index is 1.65. The highest BCUT2D eigenvalue weighted by atomic mass is 19.1. The number of hydrogen-bond acceptors (Lipinski definition) is 1. The van der Waals surface area contributed by atoms with Gasteiger partial charge in [0.15, 0.2) is 0 Å². The normalized spacial score (nSPS) is 13.2. The minimum atomic E-state index is -0.198. The Morgan fingerprint density at radius 1 is 1.08 bits per heavy atom. The van der Waals surface area contributed by atoms with Crippen molar-refractivity contribution in [2.45, 2.75) is 19.3 Å². The third-order valence-corrected chi connectivity index (χ3v) is 4.83.